The van der Waals surface area contributed by atoms with E-state index in [2.05, 4.69) is 15.3 Å². The molecule has 0 aliphatic rings. The maximum atomic E-state index is 11.2. The number of nitrogens with zero attached hydrogens (tertiary/aromatic N) is 1. The molecular weight excluding hydrogens is 312 g/mol. The first kappa shape index (κ1) is 17.8. The van der Waals surface area contributed by atoms with E-state index < -0.39 is 11.9 Å². The van der Waals surface area contributed by atoms with E-state index in [4.69, 9.17) is 21.1 Å². The van der Waals surface area contributed by atoms with Gasteiger partial charge >= 0.3 is 11.9 Å². The molecule has 1 aromatic carbocycles. The molecule has 0 aliphatic heterocycles. The lowest BCUT2D eigenvalue weighted by atomic mass is 10.3. The first-order valence-electron chi connectivity index (χ1n) is 6.61. The van der Waals surface area contributed by atoms with Crippen LogP contribution in [0.25, 0.3) is 0 Å². The second kappa shape index (κ2) is 9.62. The van der Waals surface area contributed by atoms with E-state index in [1.54, 1.807) is 38.1 Å². The highest BCUT2D eigenvalue weighted by molar-refractivity contribution is 6.82. The van der Waals surface area contributed by atoms with Crippen molar-refractivity contribution in [3.8, 4) is 5.75 Å². The summed E-state index contributed by atoms with van der Waals surface area (Å²) in [5, 5.41) is 3.38. The van der Waals surface area contributed by atoms with Crippen molar-refractivity contribution >= 4 is 34.4 Å². The highest BCUT2D eigenvalue weighted by atomic mass is 35.5. The minimum atomic E-state index is -0.703. The fourth-order valence-electron chi connectivity index (χ4n) is 1.32. The van der Waals surface area contributed by atoms with Gasteiger partial charge in [-0.2, -0.15) is 5.10 Å². The Kier molecular flexibility index (Phi) is 7.77. The summed E-state index contributed by atoms with van der Waals surface area (Å²) in [6.45, 7) is 3.76. The Morgan fingerprint density at radius 2 is 1.77 bits per heavy atom. The standard InChI is InChI=1S/C14H17ClN2O5/c1-3-20-12(18)9-22-11-7-5-10(6-8-11)16-17-13(15)14(19)21-4-2/h5-8,16H,3-4,9H2,1-2H3. The van der Waals surface area contributed by atoms with E-state index >= 15 is 0 Å². The first-order valence-corrected chi connectivity index (χ1v) is 6.99. The molecule has 0 radical (unpaired) electrons. The molecule has 0 atom stereocenters. The van der Waals surface area contributed by atoms with Crippen molar-refractivity contribution in [2.75, 3.05) is 25.2 Å². The molecule has 0 spiro atoms. The maximum absolute atomic E-state index is 11.2. The maximum Gasteiger partial charge on any atom is 0.370 e. The number of hydrogen-bond acceptors (Lipinski definition) is 7. The minimum Gasteiger partial charge on any atom is -0.482 e. The summed E-state index contributed by atoms with van der Waals surface area (Å²) in [7, 11) is 0. The molecule has 0 aliphatic carbocycles. The third-order valence-corrected chi connectivity index (χ3v) is 2.48. The van der Waals surface area contributed by atoms with Gasteiger partial charge in [0.2, 0.25) is 5.17 Å². The van der Waals surface area contributed by atoms with Gasteiger partial charge in [-0.1, -0.05) is 11.6 Å². The average Bonchev–Trinajstić information content (AvgIpc) is 2.52. The number of rotatable bonds is 8. The van der Waals surface area contributed by atoms with Crippen LogP contribution in [0.3, 0.4) is 0 Å². The molecule has 0 saturated heterocycles. The Hall–Kier alpha value is -2.28. The Balaban J connectivity index is 2.49. The molecule has 0 bridgehead atoms. The van der Waals surface area contributed by atoms with E-state index in [-0.39, 0.29) is 18.4 Å². The number of esters is 2. The number of hydrazone groups is 1. The summed E-state index contributed by atoms with van der Waals surface area (Å²) in [6, 6.07) is 6.57. The summed E-state index contributed by atoms with van der Waals surface area (Å²) < 4.78 is 14.7. The van der Waals surface area contributed by atoms with Crippen molar-refractivity contribution in [3.63, 3.8) is 0 Å². The molecule has 7 nitrogen and oxygen atoms in total. The topological polar surface area (TPSA) is 86.2 Å². The Labute approximate surface area is 133 Å². The molecule has 120 valence electrons. The van der Waals surface area contributed by atoms with Crippen molar-refractivity contribution in [2.45, 2.75) is 13.8 Å². The van der Waals surface area contributed by atoms with Crippen molar-refractivity contribution in [3.05, 3.63) is 24.3 Å². The number of anilines is 1. The molecule has 1 N–H and O–H groups in total. The van der Waals surface area contributed by atoms with Crippen LogP contribution in [0.4, 0.5) is 5.69 Å². The van der Waals surface area contributed by atoms with Gasteiger partial charge in [0, 0.05) is 0 Å². The molecule has 1 aromatic rings. The lowest BCUT2D eigenvalue weighted by Gasteiger charge is -2.06. The number of halogens is 1. The van der Waals surface area contributed by atoms with E-state index in [0.717, 1.165) is 0 Å². The van der Waals surface area contributed by atoms with Gasteiger partial charge in [0.05, 0.1) is 18.9 Å². The molecule has 1 rings (SSSR count). The third-order valence-electron chi connectivity index (χ3n) is 2.24. The quantitative estimate of drug-likeness (QED) is 0.447. The van der Waals surface area contributed by atoms with Crippen LogP contribution in [-0.2, 0) is 19.1 Å². The zero-order valence-electron chi connectivity index (χ0n) is 12.3. The molecule has 0 heterocycles. The van der Waals surface area contributed by atoms with Crippen molar-refractivity contribution in [1.82, 2.24) is 0 Å². The number of carbonyl (C=O) groups excluding carboxylic acids is 2. The van der Waals surface area contributed by atoms with Gasteiger partial charge in [-0.15, -0.1) is 0 Å². The summed E-state index contributed by atoms with van der Waals surface area (Å²) in [4.78, 5) is 22.4. The number of benzene rings is 1. The molecule has 0 saturated carbocycles. The molecule has 0 fully saturated rings. The second-order valence-electron chi connectivity index (χ2n) is 3.85. The van der Waals surface area contributed by atoms with E-state index in [1.807, 2.05) is 0 Å². The molecule has 0 amide bonds. The van der Waals surface area contributed by atoms with Gasteiger partial charge in [-0.05, 0) is 38.1 Å². The molecule has 8 heteroatoms. The van der Waals surface area contributed by atoms with Gasteiger partial charge in [-0.25, -0.2) is 9.59 Å². The fraction of sp³-hybridized carbons (Fsp3) is 0.357. The number of nitrogens with one attached hydrogen (secondary N) is 1. The Bertz CT molecular complexity index is 531. The Morgan fingerprint density at radius 1 is 1.14 bits per heavy atom. The predicted octanol–water partition coefficient (Wildman–Crippen LogP) is 2.16. The SMILES string of the molecule is CCOC(=O)COc1ccc(NN=C(Cl)C(=O)OCC)cc1. The summed E-state index contributed by atoms with van der Waals surface area (Å²) >= 11 is 5.64. The highest BCUT2D eigenvalue weighted by Gasteiger charge is 2.08. The van der Waals surface area contributed by atoms with Crippen molar-refractivity contribution < 1.29 is 23.8 Å². The van der Waals surface area contributed by atoms with Crippen molar-refractivity contribution in [2.24, 2.45) is 5.10 Å². The average molecular weight is 329 g/mol. The van der Waals surface area contributed by atoms with Gasteiger partial charge in [-0.3, -0.25) is 5.43 Å². The Morgan fingerprint density at radius 3 is 2.36 bits per heavy atom. The summed E-state index contributed by atoms with van der Waals surface area (Å²) in [5.41, 5.74) is 3.19. The third kappa shape index (κ3) is 6.45. The fourth-order valence-corrected chi connectivity index (χ4v) is 1.42. The predicted molar refractivity (Wildman–Crippen MR) is 82.1 cm³/mol. The zero-order chi connectivity index (χ0) is 16.4. The van der Waals surface area contributed by atoms with Crippen molar-refractivity contribution in [1.29, 1.82) is 0 Å². The van der Waals surface area contributed by atoms with Gasteiger partial charge in [0.25, 0.3) is 0 Å². The largest absolute Gasteiger partial charge is 0.482 e. The molecular formula is C14H17ClN2O5. The lowest BCUT2D eigenvalue weighted by molar-refractivity contribution is -0.145. The van der Waals surface area contributed by atoms with Crippen LogP contribution in [0.5, 0.6) is 5.75 Å². The highest BCUT2D eigenvalue weighted by Crippen LogP contribution is 2.15. The van der Waals surface area contributed by atoms with Crippen LogP contribution in [0, 0.1) is 0 Å². The van der Waals surface area contributed by atoms with Crippen LogP contribution < -0.4 is 10.2 Å². The van der Waals surface area contributed by atoms with Crippen LogP contribution in [0.15, 0.2) is 29.4 Å². The van der Waals surface area contributed by atoms with Crippen LogP contribution in [0.2, 0.25) is 0 Å². The van der Waals surface area contributed by atoms with Crippen LogP contribution >= 0.6 is 11.6 Å². The van der Waals surface area contributed by atoms with E-state index in [0.29, 0.717) is 18.0 Å². The summed E-state index contributed by atoms with van der Waals surface area (Å²) in [5.74, 6) is -0.638. The first-order chi connectivity index (χ1) is 10.6. The smallest absolute Gasteiger partial charge is 0.370 e. The van der Waals surface area contributed by atoms with Crippen LogP contribution in [-0.4, -0.2) is 36.9 Å². The number of carbonyl (C=O) groups is 2. The number of ether oxygens (including phenoxy) is 3. The van der Waals surface area contributed by atoms with Gasteiger partial charge in [0.15, 0.2) is 6.61 Å². The van der Waals surface area contributed by atoms with E-state index in [1.165, 1.54) is 0 Å². The normalized spacial score (nSPS) is 10.8. The minimum absolute atomic E-state index is 0.159. The molecule has 0 aromatic heterocycles. The lowest BCUT2D eigenvalue weighted by Crippen LogP contribution is -2.14. The van der Waals surface area contributed by atoms with Gasteiger partial charge in [0.1, 0.15) is 5.75 Å². The summed E-state index contributed by atoms with van der Waals surface area (Å²) in [6.07, 6.45) is 0. The van der Waals surface area contributed by atoms with Crippen LogP contribution in [0.1, 0.15) is 13.8 Å². The molecule has 22 heavy (non-hydrogen) atoms. The zero-order valence-corrected chi connectivity index (χ0v) is 13.1. The second-order valence-corrected chi connectivity index (χ2v) is 4.21. The van der Waals surface area contributed by atoms with Gasteiger partial charge < -0.3 is 14.2 Å². The number of hydrogen-bond donors (Lipinski definition) is 1. The van der Waals surface area contributed by atoms with E-state index in [9.17, 15) is 9.59 Å². The molecule has 0 unspecified atom stereocenters. The monoisotopic (exact) mass is 328 g/mol.